The zero-order chi connectivity index (χ0) is 22.0. The molecule has 3 aromatic rings. The number of aromatic nitrogens is 3. The highest BCUT2D eigenvalue weighted by Gasteiger charge is 2.36. The standard InChI is InChI=1S/C24H26N4O4/c29-22(9-12-28-23(30)18-5-1-2-6-19(18)26-27-28)25-16-24(10-3-4-11-24)17-7-8-20-21(15-17)32-14-13-31-20/h1-2,5-8,15H,3-4,9-14,16H2,(H,25,29). The van der Waals surface area contributed by atoms with E-state index >= 15 is 0 Å². The number of amides is 1. The number of benzene rings is 2. The summed E-state index contributed by atoms with van der Waals surface area (Å²) in [6.07, 6.45) is 4.47. The Labute approximate surface area is 185 Å². The van der Waals surface area contributed by atoms with Gasteiger partial charge in [0.1, 0.15) is 18.7 Å². The lowest BCUT2D eigenvalue weighted by molar-refractivity contribution is -0.121. The average Bonchev–Trinajstić information content (AvgIpc) is 3.32. The van der Waals surface area contributed by atoms with Gasteiger partial charge in [0.05, 0.1) is 11.9 Å². The van der Waals surface area contributed by atoms with E-state index in [-0.39, 0.29) is 29.8 Å². The minimum atomic E-state index is -0.230. The maximum absolute atomic E-state index is 12.6. The summed E-state index contributed by atoms with van der Waals surface area (Å²) in [5.74, 6) is 1.45. The highest BCUT2D eigenvalue weighted by Crippen LogP contribution is 2.43. The molecular formula is C24H26N4O4. The quantitative estimate of drug-likeness (QED) is 0.641. The summed E-state index contributed by atoms with van der Waals surface area (Å²) in [7, 11) is 0. The van der Waals surface area contributed by atoms with Gasteiger partial charge in [-0.25, -0.2) is 4.68 Å². The lowest BCUT2D eigenvalue weighted by Gasteiger charge is -2.31. The molecule has 1 saturated carbocycles. The van der Waals surface area contributed by atoms with Gasteiger partial charge in [-0.05, 0) is 42.7 Å². The van der Waals surface area contributed by atoms with Crippen LogP contribution in [0, 0.1) is 0 Å². The average molecular weight is 434 g/mol. The van der Waals surface area contributed by atoms with Gasteiger partial charge >= 0.3 is 0 Å². The van der Waals surface area contributed by atoms with Crippen molar-refractivity contribution in [2.45, 2.75) is 44.1 Å². The highest BCUT2D eigenvalue weighted by atomic mass is 16.6. The van der Waals surface area contributed by atoms with Gasteiger partial charge in [0.25, 0.3) is 5.56 Å². The van der Waals surface area contributed by atoms with E-state index in [1.54, 1.807) is 18.2 Å². The van der Waals surface area contributed by atoms with Crippen LogP contribution in [0.2, 0.25) is 0 Å². The number of nitrogens with one attached hydrogen (secondary N) is 1. The smallest absolute Gasteiger partial charge is 0.277 e. The Morgan fingerprint density at radius 2 is 1.84 bits per heavy atom. The molecule has 8 heteroatoms. The molecule has 0 saturated heterocycles. The van der Waals surface area contributed by atoms with Crippen LogP contribution in [-0.2, 0) is 16.8 Å². The molecule has 1 aliphatic heterocycles. The molecule has 1 fully saturated rings. The fourth-order valence-electron chi connectivity index (χ4n) is 4.73. The fraction of sp³-hybridized carbons (Fsp3) is 0.417. The number of hydrogen-bond acceptors (Lipinski definition) is 6. The summed E-state index contributed by atoms with van der Waals surface area (Å²) < 4.78 is 12.7. The Kier molecular flexibility index (Phi) is 5.51. The van der Waals surface area contributed by atoms with Gasteiger partial charge in [-0.15, -0.1) is 5.10 Å². The molecule has 1 aliphatic carbocycles. The number of nitrogens with zero attached hydrogens (tertiary/aromatic N) is 3. The molecule has 1 N–H and O–H groups in total. The molecule has 0 bridgehead atoms. The lowest BCUT2D eigenvalue weighted by atomic mass is 9.78. The number of aryl methyl sites for hydroxylation is 1. The van der Waals surface area contributed by atoms with Gasteiger partial charge in [0.2, 0.25) is 5.91 Å². The highest BCUT2D eigenvalue weighted by molar-refractivity contribution is 5.77. The van der Waals surface area contributed by atoms with Crippen LogP contribution in [0.4, 0.5) is 0 Å². The van der Waals surface area contributed by atoms with Gasteiger partial charge in [0.15, 0.2) is 11.5 Å². The molecule has 8 nitrogen and oxygen atoms in total. The monoisotopic (exact) mass is 434 g/mol. The maximum atomic E-state index is 12.6. The first kappa shape index (κ1) is 20.5. The first-order valence-electron chi connectivity index (χ1n) is 11.1. The largest absolute Gasteiger partial charge is 0.486 e. The van der Waals surface area contributed by atoms with Gasteiger partial charge < -0.3 is 14.8 Å². The Hall–Kier alpha value is -3.42. The second-order valence-electron chi connectivity index (χ2n) is 8.51. The molecule has 0 spiro atoms. The summed E-state index contributed by atoms with van der Waals surface area (Å²) in [5, 5.41) is 11.6. The number of carbonyl (C=O) groups excluding carboxylic acids is 1. The molecule has 1 aromatic heterocycles. The van der Waals surface area contributed by atoms with Crippen LogP contribution in [0.3, 0.4) is 0 Å². The van der Waals surface area contributed by atoms with Crippen molar-refractivity contribution in [3.63, 3.8) is 0 Å². The third-order valence-electron chi connectivity index (χ3n) is 6.52. The zero-order valence-electron chi connectivity index (χ0n) is 17.9. The zero-order valence-corrected chi connectivity index (χ0v) is 17.9. The van der Waals surface area contributed by atoms with Crippen molar-refractivity contribution in [2.75, 3.05) is 19.8 Å². The molecule has 32 heavy (non-hydrogen) atoms. The molecule has 0 radical (unpaired) electrons. The van der Waals surface area contributed by atoms with E-state index in [1.807, 2.05) is 12.1 Å². The van der Waals surface area contributed by atoms with Crippen molar-refractivity contribution in [1.29, 1.82) is 0 Å². The van der Waals surface area contributed by atoms with Gasteiger partial charge in [-0.2, -0.15) is 0 Å². The maximum Gasteiger partial charge on any atom is 0.277 e. The van der Waals surface area contributed by atoms with E-state index in [1.165, 1.54) is 10.2 Å². The predicted octanol–water partition coefficient (Wildman–Crippen LogP) is 2.58. The molecule has 0 atom stereocenters. The molecule has 0 unspecified atom stereocenters. The van der Waals surface area contributed by atoms with Crippen LogP contribution in [0.25, 0.3) is 10.9 Å². The van der Waals surface area contributed by atoms with Crippen LogP contribution in [0.1, 0.15) is 37.7 Å². The third kappa shape index (κ3) is 3.92. The van der Waals surface area contributed by atoms with E-state index in [4.69, 9.17) is 9.47 Å². The molecule has 2 heterocycles. The third-order valence-corrected chi connectivity index (χ3v) is 6.52. The molecule has 5 rings (SSSR count). The van der Waals surface area contributed by atoms with Crippen molar-refractivity contribution < 1.29 is 14.3 Å². The normalized spacial score (nSPS) is 16.8. The number of fused-ring (bicyclic) bond motifs is 2. The second-order valence-corrected chi connectivity index (χ2v) is 8.51. The van der Waals surface area contributed by atoms with Gasteiger partial charge in [0, 0.05) is 18.4 Å². The number of rotatable bonds is 6. The van der Waals surface area contributed by atoms with E-state index in [9.17, 15) is 9.59 Å². The Bertz CT molecular complexity index is 1200. The summed E-state index contributed by atoms with van der Waals surface area (Å²) in [5.41, 5.74) is 1.40. The SMILES string of the molecule is O=C(CCn1nnc2ccccc2c1=O)NCC1(c2ccc3c(c2)OCCO3)CCCC1. The molecule has 166 valence electrons. The van der Waals surface area contributed by atoms with Crippen molar-refractivity contribution in [2.24, 2.45) is 0 Å². The fourth-order valence-corrected chi connectivity index (χ4v) is 4.73. The van der Waals surface area contributed by atoms with Gasteiger partial charge in [-0.3, -0.25) is 9.59 Å². The van der Waals surface area contributed by atoms with E-state index < -0.39 is 0 Å². The lowest BCUT2D eigenvalue weighted by Crippen LogP contribution is -2.39. The summed E-state index contributed by atoms with van der Waals surface area (Å²) in [6, 6.07) is 13.2. The minimum Gasteiger partial charge on any atom is -0.486 e. The minimum absolute atomic E-state index is 0.101. The van der Waals surface area contributed by atoms with Crippen molar-refractivity contribution >= 4 is 16.8 Å². The molecule has 2 aliphatic rings. The van der Waals surface area contributed by atoms with E-state index in [0.717, 1.165) is 37.2 Å². The summed E-state index contributed by atoms with van der Waals surface area (Å²) >= 11 is 0. The van der Waals surface area contributed by atoms with Crippen molar-refractivity contribution in [3.05, 3.63) is 58.4 Å². The van der Waals surface area contributed by atoms with E-state index in [2.05, 4.69) is 27.8 Å². The molecule has 2 aromatic carbocycles. The Morgan fingerprint density at radius 1 is 1.06 bits per heavy atom. The van der Waals surface area contributed by atoms with Crippen LogP contribution in [0.15, 0.2) is 47.3 Å². The number of hydrogen-bond donors (Lipinski definition) is 1. The topological polar surface area (TPSA) is 95.3 Å². The first-order valence-corrected chi connectivity index (χ1v) is 11.1. The molecule has 1 amide bonds. The summed E-state index contributed by atoms with van der Waals surface area (Å²) in [6.45, 7) is 1.87. The Balaban J connectivity index is 1.25. The van der Waals surface area contributed by atoms with Crippen LogP contribution < -0.4 is 20.3 Å². The number of ether oxygens (including phenoxy) is 2. The predicted molar refractivity (Wildman–Crippen MR) is 119 cm³/mol. The number of carbonyl (C=O) groups is 1. The van der Waals surface area contributed by atoms with Crippen LogP contribution in [0.5, 0.6) is 11.5 Å². The van der Waals surface area contributed by atoms with Crippen molar-refractivity contribution in [1.82, 2.24) is 20.3 Å². The van der Waals surface area contributed by atoms with Crippen LogP contribution in [-0.4, -0.2) is 40.7 Å². The van der Waals surface area contributed by atoms with Crippen molar-refractivity contribution in [3.8, 4) is 11.5 Å². The van der Waals surface area contributed by atoms with E-state index in [0.29, 0.717) is 30.7 Å². The summed E-state index contributed by atoms with van der Waals surface area (Å²) in [4.78, 5) is 25.2. The first-order chi connectivity index (χ1) is 15.6. The second kappa shape index (κ2) is 8.61. The molecular weight excluding hydrogens is 408 g/mol. The van der Waals surface area contributed by atoms with Gasteiger partial charge in [-0.1, -0.05) is 36.3 Å². The van der Waals surface area contributed by atoms with Crippen LogP contribution >= 0.6 is 0 Å². The Morgan fingerprint density at radius 3 is 2.69 bits per heavy atom.